The van der Waals surface area contributed by atoms with Crippen LogP contribution in [0.1, 0.15) is 13.3 Å². The maximum Gasteiger partial charge on any atom is 0.238 e. The van der Waals surface area contributed by atoms with Crippen molar-refractivity contribution >= 4 is 29.0 Å². The van der Waals surface area contributed by atoms with Crippen molar-refractivity contribution in [2.24, 2.45) is 0 Å². The Labute approximate surface area is 119 Å². The minimum atomic E-state index is -0.00680. The van der Waals surface area contributed by atoms with Crippen molar-refractivity contribution in [3.05, 3.63) is 24.3 Å². The summed E-state index contributed by atoms with van der Waals surface area (Å²) in [6, 6.07) is 7.66. The van der Waals surface area contributed by atoms with E-state index < -0.39 is 0 Å². The van der Waals surface area contributed by atoms with Crippen LogP contribution in [0.2, 0.25) is 0 Å². The molecule has 0 heterocycles. The summed E-state index contributed by atoms with van der Waals surface area (Å²) in [5.74, 6) is 1.03. The molecule has 0 saturated heterocycles. The molecule has 0 fully saturated rings. The average molecular weight is 281 g/mol. The van der Waals surface area contributed by atoms with Crippen molar-refractivity contribution in [1.29, 1.82) is 0 Å². The lowest BCUT2D eigenvalue weighted by atomic mass is 10.2. The fourth-order valence-corrected chi connectivity index (χ4v) is 2.80. The van der Waals surface area contributed by atoms with Crippen LogP contribution in [-0.4, -0.2) is 42.4 Å². The van der Waals surface area contributed by atoms with Crippen LogP contribution in [-0.2, 0) is 4.79 Å². The van der Waals surface area contributed by atoms with Crippen molar-refractivity contribution in [2.45, 2.75) is 19.4 Å². The second-order valence-corrected chi connectivity index (χ2v) is 5.52. The molecule has 5 heteroatoms. The number of hydrogen-bond donors (Lipinski definition) is 2. The number of anilines is 2. The van der Waals surface area contributed by atoms with E-state index >= 15 is 0 Å². The summed E-state index contributed by atoms with van der Waals surface area (Å²) < 4.78 is 0. The summed E-state index contributed by atoms with van der Waals surface area (Å²) in [5.41, 5.74) is 7.08. The molecular weight excluding hydrogens is 258 g/mol. The largest absolute Gasteiger partial charge is 0.399 e. The first kappa shape index (κ1) is 15.9. The van der Waals surface area contributed by atoms with Crippen LogP contribution in [0.25, 0.3) is 0 Å². The molecule has 1 atom stereocenters. The Hall–Kier alpha value is -1.20. The number of nitrogens with two attached hydrogens (primary N) is 1. The summed E-state index contributed by atoms with van der Waals surface area (Å²) in [6.45, 7) is 2.54. The Morgan fingerprint density at radius 1 is 1.53 bits per heavy atom. The Morgan fingerprint density at radius 2 is 2.26 bits per heavy atom. The minimum Gasteiger partial charge on any atom is -0.399 e. The van der Waals surface area contributed by atoms with Crippen LogP contribution in [0, 0.1) is 0 Å². The average Bonchev–Trinajstić information content (AvgIpc) is 2.35. The summed E-state index contributed by atoms with van der Waals surface area (Å²) in [7, 11) is 1.99. The third-order valence-corrected chi connectivity index (χ3v) is 3.74. The van der Waals surface area contributed by atoms with Crippen molar-refractivity contribution in [1.82, 2.24) is 4.90 Å². The molecule has 1 aromatic rings. The zero-order chi connectivity index (χ0) is 14.3. The van der Waals surface area contributed by atoms with Crippen LogP contribution in [0.5, 0.6) is 0 Å². The zero-order valence-corrected chi connectivity index (χ0v) is 12.7. The number of hydrogen-bond acceptors (Lipinski definition) is 4. The first-order valence-corrected chi connectivity index (χ1v) is 7.80. The fourth-order valence-electron chi connectivity index (χ4n) is 1.92. The van der Waals surface area contributed by atoms with E-state index in [1.165, 1.54) is 0 Å². The molecule has 106 valence electrons. The van der Waals surface area contributed by atoms with E-state index in [1.807, 2.05) is 19.2 Å². The Bertz CT molecular complexity index is 411. The molecule has 0 radical (unpaired) electrons. The Kier molecular flexibility index (Phi) is 6.73. The highest BCUT2D eigenvalue weighted by molar-refractivity contribution is 7.98. The van der Waals surface area contributed by atoms with E-state index in [1.54, 1.807) is 23.9 Å². The molecule has 0 aromatic heterocycles. The summed E-state index contributed by atoms with van der Waals surface area (Å²) >= 11 is 1.81. The van der Waals surface area contributed by atoms with Crippen molar-refractivity contribution in [3.63, 3.8) is 0 Å². The molecule has 1 unspecified atom stereocenters. The number of amides is 1. The highest BCUT2D eigenvalue weighted by atomic mass is 32.2. The smallest absolute Gasteiger partial charge is 0.238 e. The van der Waals surface area contributed by atoms with Crippen molar-refractivity contribution < 1.29 is 4.79 Å². The summed E-state index contributed by atoms with van der Waals surface area (Å²) in [5, 5.41) is 2.87. The van der Waals surface area contributed by atoms with Gasteiger partial charge in [0.2, 0.25) is 5.91 Å². The predicted octanol–water partition coefficient (Wildman–Crippen LogP) is 2.28. The maximum atomic E-state index is 12.0. The van der Waals surface area contributed by atoms with Crippen LogP contribution in [0.3, 0.4) is 0 Å². The van der Waals surface area contributed by atoms with Crippen molar-refractivity contribution in [3.8, 4) is 0 Å². The van der Waals surface area contributed by atoms with Gasteiger partial charge in [-0.25, -0.2) is 0 Å². The number of nitrogens with zero attached hydrogens (tertiary/aromatic N) is 1. The number of rotatable bonds is 7. The number of carbonyl (C=O) groups is 1. The number of benzene rings is 1. The lowest BCUT2D eigenvalue weighted by molar-refractivity contribution is -0.117. The van der Waals surface area contributed by atoms with Gasteiger partial charge in [-0.3, -0.25) is 9.69 Å². The predicted molar refractivity (Wildman–Crippen MR) is 84.6 cm³/mol. The number of nitrogen functional groups attached to an aromatic ring is 1. The van der Waals surface area contributed by atoms with Crippen molar-refractivity contribution in [2.75, 3.05) is 36.7 Å². The SMILES string of the molecule is CCC(CSC)N(C)CC(=O)Nc1cccc(N)c1. The van der Waals surface area contributed by atoms with E-state index in [2.05, 4.69) is 23.4 Å². The van der Waals surface area contributed by atoms with E-state index in [0.29, 0.717) is 18.3 Å². The molecule has 0 aliphatic heterocycles. The van der Waals surface area contributed by atoms with Gasteiger partial charge >= 0.3 is 0 Å². The molecule has 0 saturated carbocycles. The van der Waals surface area contributed by atoms with E-state index in [0.717, 1.165) is 17.9 Å². The second-order valence-electron chi connectivity index (χ2n) is 4.61. The second kappa shape index (κ2) is 8.07. The molecule has 4 nitrogen and oxygen atoms in total. The van der Waals surface area contributed by atoms with Gasteiger partial charge in [0.15, 0.2) is 0 Å². The van der Waals surface area contributed by atoms with E-state index in [9.17, 15) is 4.79 Å². The van der Waals surface area contributed by atoms with Gasteiger partial charge in [0.1, 0.15) is 0 Å². The lowest BCUT2D eigenvalue weighted by Crippen LogP contribution is -2.39. The third-order valence-electron chi connectivity index (χ3n) is 3.02. The first-order valence-electron chi connectivity index (χ1n) is 6.41. The van der Waals surface area contributed by atoms with Gasteiger partial charge in [-0.05, 0) is 37.9 Å². The number of thioether (sulfide) groups is 1. The van der Waals surface area contributed by atoms with Gasteiger partial charge in [0, 0.05) is 23.2 Å². The zero-order valence-electron chi connectivity index (χ0n) is 11.8. The van der Waals surface area contributed by atoms with Crippen LogP contribution >= 0.6 is 11.8 Å². The first-order chi connectivity index (χ1) is 9.06. The lowest BCUT2D eigenvalue weighted by Gasteiger charge is -2.25. The summed E-state index contributed by atoms with van der Waals surface area (Å²) in [4.78, 5) is 14.1. The van der Waals surface area contributed by atoms with Gasteiger partial charge < -0.3 is 11.1 Å². The standard InChI is InChI=1S/C14H23N3OS/c1-4-13(10-19-3)17(2)9-14(18)16-12-7-5-6-11(15)8-12/h5-8,13H,4,9-10,15H2,1-3H3,(H,16,18). The number of nitrogens with one attached hydrogen (secondary N) is 1. The topological polar surface area (TPSA) is 58.4 Å². The molecule has 0 bridgehead atoms. The van der Waals surface area contributed by atoms with Gasteiger partial charge in [0.05, 0.1) is 6.54 Å². The Balaban J connectivity index is 2.50. The van der Waals surface area contributed by atoms with Crippen LogP contribution in [0.4, 0.5) is 11.4 Å². The molecule has 1 aromatic carbocycles. The minimum absolute atomic E-state index is 0.00680. The highest BCUT2D eigenvalue weighted by Gasteiger charge is 2.15. The quantitative estimate of drug-likeness (QED) is 0.753. The third kappa shape index (κ3) is 5.53. The molecule has 0 aliphatic rings. The fraction of sp³-hybridized carbons (Fsp3) is 0.500. The van der Waals surface area contributed by atoms with Gasteiger partial charge in [0.25, 0.3) is 0 Å². The van der Waals surface area contributed by atoms with E-state index in [4.69, 9.17) is 5.73 Å². The number of carbonyl (C=O) groups excluding carboxylic acids is 1. The van der Waals surface area contributed by atoms with Gasteiger partial charge in [-0.15, -0.1) is 0 Å². The number of likely N-dealkylation sites (N-methyl/N-ethyl adjacent to an activating group) is 1. The molecule has 1 amide bonds. The van der Waals surface area contributed by atoms with Gasteiger partial charge in [-0.2, -0.15) is 11.8 Å². The molecule has 0 spiro atoms. The monoisotopic (exact) mass is 281 g/mol. The van der Waals surface area contributed by atoms with Crippen LogP contribution < -0.4 is 11.1 Å². The van der Waals surface area contributed by atoms with Crippen LogP contribution in [0.15, 0.2) is 24.3 Å². The van der Waals surface area contributed by atoms with E-state index in [-0.39, 0.29) is 5.91 Å². The highest BCUT2D eigenvalue weighted by Crippen LogP contribution is 2.12. The molecular formula is C14H23N3OS. The molecule has 0 aliphatic carbocycles. The Morgan fingerprint density at radius 3 is 2.84 bits per heavy atom. The molecule has 3 N–H and O–H groups in total. The molecule has 19 heavy (non-hydrogen) atoms. The summed E-state index contributed by atoms with van der Waals surface area (Å²) in [6.07, 6.45) is 3.13. The molecule has 1 rings (SSSR count). The normalized spacial score (nSPS) is 12.4. The maximum absolute atomic E-state index is 12.0. The van der Waals surface area contributed by atoms with Gasteiger partial charge in [-0.1, -0.05) is 13.0 Å².